The lowest BCUT2D eigenvalue weighted by Crippen LogP contribution is -2.36. The van der Waals surface area contributed by atoms with Crippen molar-refractivity contribution in [3.8, 4) is 5.75 Å². The molecule has 0 radical (unpaired) electrons. The van der Waals surface area contributed by atoms with Gasteiger partial charge in [0.1, 0.15) is 11.3 Å². The monoisotopic (exact) mass is 348 g/mol. The van der Waals surface area contributed by atoms with Crippen LogP contribution in [0.1, 0.15) is 15.9 Å². The molecule has 5 nitrogen and oxygen atoms in total. The summed E-state index contributed by atoms with van der Waals surface area (Å²) in [4.78, 5) is 25.2. The number of amides is 1. The summed E-state index contributed by atoms with van der Waals surface area (Å²) >= 11 is 0. The van der Waals surface area contributed by atoms with Crippen LogP contribution in [-0.4, -0.2) is 23.6 Å². The summed E-state index contributed by atoms with van der Waals surface area (Å²) in [6.07, 6.45) is 2.46. The fraction of sp³-hybridized carbons (Fsp3) is 0.238. The van der Waals surface area contributed by atoms with Gasteiger partial charge in [0.2, 0.25) is 5.43 Å². The fourth-order valence-corrected chi connectivity index (χ4v) is 3.46. The van der Waals surface area contributed by atoms with Crippen molar-refractivity contribution in [2.45, 2.75) is 6.42 Å². The molecule has 1 atom stereocenters. The van der Waals surface area contributed by atoms with Gasteiger partial charge in [0.25, 0.3) is 5.91 Å². The number of ether oxygens (including phenoxy) is 1. The van der Waals surface area contributed by atoms with E-state index in [1.165, 1.54) is 0 Å². The predicted molar refractivity (Wildman–Crippen MR) is 101 cm³/mol. The molecule has 132 valence electrons. The minimum absolute atomic E-state index is 0.170. The van der Waals surface area contributed by atoms with Crippen LogP contribution < -0.4 is 15.5 Å². The topological polar surface area (TPSA) is 60.3 Å². The summed E-state index contributed by atoms with van der Waals surface area (Å²) in [7, 11) is 1.84. The summed E-state index contributed by atoms with van der Waals surface area (Å²) in [6.45, 7) is 1.04. The number of para-hydroxylation sites is 2. The maximum atomic E-state index is 12.6. The van der Waals surface area contributed by atoms with Gasteiger partial charge in [-0.15, -0.1) is 0 Å². The van der Waals surface area contributed by atoms with Crippen molar-refractivity contribution in [3.63, 3.8) is 0 Å². The summed E-state index contributed by atoms with van der Waals surface area (Å²) in [6, 6.07) is 15.3. The highest BCUT2D eigenvalue weighted by Crippen LogP contribution is 2.26. The van der Waals surface area contributed by atoms with E-state index >= 15 is 0 Å². The molecule has 2 aromatic carbocycles. The maximum absolute atomic E-state index is 12.6. The average Bonchev–Trinajstić information content (AvgIpc) is 2.68. The molecule has 3 aromatic rings. The molecule has 1 N–H and O–H groups in total. The molecule has 5 heteroatoms. The zero-order valence-electron chi connectivity index (χ0n) is 14.6. The maximum Gasteiger partial charge on any atom is 0.256 e. The number of nitrogens with zero attached hydrogens (tertiary/aromatic N) is 1. The normalized spacial score (nSPS) is 16.0. The van der Waals surface area contributed by atoms with E-state index in [0.29, 0.717) is 18.5 Å². The molecule has 0 saturated heterocycles. The van der Waals surface area contributed by atoms with Gasteiger partial charge in [-0.3, -0.25) is 9.59 Å². The van der Waals surface area contributed by atoms with Crippen LogP contribution in [0.3, 0.4) is 0 Å². The number of aromatic nitrogens is 1. The first-order valence-corrected chi connectivity index (χ1v) is 8.71. The first kappa shape index (κ1) is 16.4. The molecule has 0 unspecified atom stereocenters. The van der Waals surface area contributed by atoms with E-state index < -0.39 is 0 Å². The van der Waals surface area contributed by atoms with Crippen molar-refractivity contribution in [1.29, 1.82) is 0 Å². The number of fused-ring (bicyclic) bond motifs is 2. The standard InChI is InChI=1S/C21H20N2O3/c1-23-12-17(20(24)16-7-3-4-8-18(16)23)21(25)22-11-14-10-15-6-2-5-9-19(15)26-13-14/h2-9,12,14H,10-11,13H2,1H3,(H,22,25)/t14-/m1/s1. The highest BCUT2D eigenvalue weighted by molar-refractivity contribution is 5.97. The Morgan fingerprint density at radius 1 is 1.19 bits per heavy atom. The summed E-state index contributed by atoms with van der Waals surface area (Å²) in [5.74, 6) is 0.770. The molecular formula is C21H20N2O3. The number of benzene rings is 2. The van der Waals surface area contributed by atoms with Crippen molar-refractivity contribution < 1.29 is 9.53 Å². The van der Waals surface area contributed by atoms with E-state index in [4.69, 9.17) is 4.74 Å². The molecule has 0 bridgehead atoms. The van der Waals surface area contributed by atoms with Crippen LogP contribution in [0.15, 0.2) is 59.5 Å². The second-order valence-electron chi connectivity index (χ2n) is 6.70. The van der Waals surface area contributed by atoms with Crippen LogP contribution in [0.2, 0.25) is 0 Å². The van der Waals surface area contributed by atoms with E-state index in [2.05, 4.69) is 5.32 Å². The van der Waals surface area contributed by atoms with Crippen molar-refractivity contribution in [1.82, 2.24) is 9.88 Å². The van der Waals surface area contributed by atoms with Gasteiger partial charge in [-0.25, -0.2) is 0 Å². The highest BCUT2D eigenvalue weighted by Gasteiger charge is 2.21. The number of aryl methyl sites for hydroxylation is 1. The predicted octanol–water partition coefficient (Wildman–Crippen LogP) is 2.52. The van der Waals surface area contributed by atoms with E-state index in [-0.39, 0.29) is 22.8 Å². The van der Waals surface area contributed by atoms with Crippen molar-refractivity contribution in [2.75, 3.05) is 13.2 Å². The van der Waals surface area contributed by atoms with Gasteiger partial charge in [0.05, 0.1) is 12.1 Å². The molecule has 0 saturated carbocycles. The minimum Gasteiger partial charge on any atom is -0.493 e. The quantitative estimate of drug-likeness (QED) is 0.791. The average molecular weight is 348 g/mol. The van der Waals surface area contributed by atoms with Crippen LogP contribution in [0, 0.1) is 5.92 Å². The first-order chi connectivity index (χ1) is 12.6. The largest absolute Gasteiger partial charge is 0.493 e. The Morgan fingerprint density at radius 3 is 2.85 bits per heavy atom. The number of carbonyl (C=O) groups is 1. The number of rotatable bonds is 3. The zero-order valence-corrected chi connectivity index (χ0v) is 14.6. The SMILES string of the molecule is Cn1cc(C(=O)NC[C@@H]2COc3ccccc3C2)c(=O)c2ccccc21. The molecule has 1 amide bonds. The second-order valence-corrected chi connectivity index (χ2v) is 6.70. The van der Waals surface area contributed by atoms with Crippen molar-refractivity contribution in [3.05, 3.63) is 76.1 Å². The lowest BCUT2D eigenvalue weighted by Gasteiger charge is -2.25. The fourth-order valence-electron chi connectivity index (χ4n) is 3.46. The van der Waals surface area contributed by atoms with Gasteiger partial charge >= 0.3 is 0 Å². The van der Waals surface area contributed by atoms with Gasteiger partial charge in [0, 0.05) is 31.1 Å². The summed E-state index contributed by atoms with van der Waals surface area (Å²) in [5, 5.41) is 3.45. The van der Waals surface area contributed by atoms with E-state index in [1.807, 2.05) is 54.1 Å². The summed E-state index contributed by atoms with van der Waals surface area (Å²) in [5.41, 5.74) is 1.90. The number of hydrogen-bond donors (Lipinski definition) is 1. The molecule has 1 aliphatic heterocycles. The number of pyridine rings is 1. The third-order valence-corrected chi connectivity index (χ3v) is 4.85. The lowest BCUT2D eigenvalue weighted by molar-refractivity contribution is 0.0937. The summed E-state index contributed by atoms with van der Waals surface area (Å²) < 4.78 is 7.57. The molecule has 1 aliphatic rings. The second kappa shape index (κ2) is 6.67. The molecule has 0 aliphatic carbocycles. The Bertz CT molecular complexity index is 1040. The third kappa shape index (κ3) is 2.96. The Hall–Kier alpha value is -3.08. The van der Waals surface area contributed by atoms with Gasteiger partial charge in [-0.2, -0.15) is 0 Å². The van der Waals surface area contributed by atoms with Crippen molar-refractivity contribution >= 4 is 16.8 Å². The molecule has 1 aromatic heterocycles. The van der Waals surface area contributed by atoms with Crippen LogP contribution in [-0.2, 0) is 13.5 Å². The number of carbonyl (C=O) groups excluding carboxylic acids is 1. The van der Waals surface area contributed by atoms with Gasteiger partial charge in [0.15, 0.2) is 0 Å². The molecular weight excluding hydrogens is 328 g/mol. The van der Waals surface area contributed by atoms with Crippen LogP contribution in [0.4, 0.5) is 0 Å². The van der Waals surface area contributed by atoms with E-state index in [9.17, 15) is 9.59 Å². The van der Waals surface area contributed by atoms with Crippen molar-refractivity contribution in [2.24, 2.45) is 13.0 Å². The molecule has 2 heterocycles. The molecule has 4 rings (SSSR count). The Balaban J connectivity index is 1.50. The van der Waals surface area contributed by atoms with Gasteiger partial charge in [-0.1, -0.05) is 30.3 Å². The Labute approximate surface area is 151 Å². The van der Waals surface area contributed by atoms with Crippen LogP contribution >= 0.6 is 0 Å². The van der Waals surface area contributed by atoms with Crippen LogP contribution in [0.25, 0.3) is 10.9 Å². The third-order valence-electron chi connectivity index (χ3n) is 4.85. The number of hydrogen-bond acceptors (Lipinski definition) is 3. The Morgan fingerprint density at radius 2 is 1.96 bits per heavy atom. The first-order valence-electron chi connectivity index (χ1n) is 8.71. The van der Waals surface area contributed by atoms with Gasteiger partial charge < -0.3 is 14.6 Å². The van der Waals surface area contributed by atoms with Gasteiger partial charge in [-0.05, 0) is 30.2 Å². The zero-order chi connectivity index (χ0) is 18.1. The minimum atomic E-state index is -0.338. The molecule has 0 spiro atoms. The Kier molecular flexibility index (Phi) is 4.21. The smallest absolute Gasteiger partial charge is 0.256 e. The van der Waals surface area contributed by atoms with E-state index in [0.717, 1.165) is 23.3 Å². The van der Waals surface area contributed by atoms with E-state index in [1.54, 1.807) is 12.3 Å². The van der Waals surface area contributed by atoms with Crippen LogP contribution in [0.5, 0.6) is 5.75 Å². The number of nitrogens with one attached hydrogen (secondary N) is 1. The highest BCUT2D eigenvalue weighted by atomic mass is 16.5. The molecule has 0 fully saturated rings. The lowest BCUT2D eigenvalue weighted by atomic mass is 9.96. The molecule has 26 heavy (non-hydrogen) atoms.